The van der Waals surface area contributed by atoms with Crippen molar-refractivity contribution >= 4 is 22.9 Å². The number of hydrogen-bond acceptors (Lipinski definition) is 4. The molecule has 0 fully saturated rings. The highest BCUT2D eigenvalue weighted by Crippen LogP contribution is 2.13. The maximum atomic E-state index is 12.3. The minimum Gasteiger partial charge on any atom is -0.481 e. The molecule has 0 radical (unpaired) electrons. The normalized spacial score (nSPS) is 10.4. The molecule has 104 valence electrons. The molecule has 2 rings (SSSR count). The lowest BCUT2D eigenvalue weighted by Gasteiger charge is -2.20. The largest absolute Gasteiger partial charge is 0.481 e. The van der Waals surface area contributed by atoms with Gasteiger partial charge in [0.05, 0.1) is 17.5 Å². The van der Waals surface area contributed by atoms with E-state index in [1.165, 1.54) is 4.90 Å². The van der Waals surface area contributed by atoms with Gasteiger partial charge in [0.2, 0.25) is 0 Å². The Hall–Kier alpha value is -2.50. The minimum absolute atomic E-state index is 0.0625. The molecule has 1 N–H and O–H groups in total. The molecule has 1 amide bonds. The number of nitrogens with zero attached hydrogens (tertiary/aromatic N) is 3. The lowest BCUT2D eigenvalue weighted by molar-refractivity contribution is -0.137. The summed E-state index contributed by atoms with van der Waals surface area (Å²) in [6.45, 7) is 2.48. The zero-order valence-electron chi connectivity index (χ0n) is 11.1. The summed E-state index contributed by atoms with van der Waals surface area (Å²) >= 11 is 0. The van der Waals surface area contributed by atoms with Crippen LogP contribution in [0.1, 0.15) is 23.7 Å². The molecular formula is C14H15N3O3. The number of carbonyl (C=O) groups is 2. The van der Waals surface area contributed by atoms with E-state index in [1.807, 2.05) is 6.92 Å². The summed E-state index contributed by atoms with van der Waals surface area (Å²) in [7, 11) is 0. The first-order valence-electron chi connectivity index (χ1n) is 6.33. The van der Waals surface area contributed by atoms with Crippen LogP contribution in [0.15, 0.2) is 30.6 Å². The van der Waals surface area contributed by atoms with Gasteiger partial charge >= 0.3 is 5.97 Å². The second-order valence-corrected chi connectivity index (χ2v) is 4.29. The van der Waals surface area contributed by atoms with Gasteiger partial charge in [0.15, 0.2) is 0 Å². The molecule has 0 aliphatic rings. The summed E-state index contributed by atoms with van der Waals surface area (Å²) in [4.78, 5) is 32.7. The van der Waals surface area contributed by atoms with Crippen LogP contribution < -0.4 is 0 Å². The van der Waals surface area contributed by atoms with Crippen molar-refractivity contribution in [1.82, 2.24) is 14.9 Å². The quantitative estimate of drug-likeness (QED) is 0.894. The van der Waals surface area contributed by atoms with E-state index in [4.69, 9.17) is 5.11 Å². The third kappa shape index (κ3) is 3.09. The number of fused-ring (bicyclic) bond motifs is 1. The predicted molar refractivity (Wildman–Crippen MR) is 73.4 cm³/mol. The Labute approximate surface area is 116 Å². The van der Waals surface area contributed by atoms with Gasteiger partial charge < -0.3 is 10.0 Å². The molecule has 1 aromatic heterocycles. The molecule has 0 saturated carbocycles. The Balaban J connectivity index is 2.22. The van der Waals surface area contributed by atoms with Crippen LogP contribution in [0.3, 0.4) is 0 Å². The molecule has 6 heteroatoms. The molecule has 20 heavy (non-hydrogen) atoms. The zero-order chi connectivity index (χ0) is 14.5. The fourth-order valence-electron chi connectivity index (χ4n) is 1.91. The zero-order valence-corrected chi connectivity index (χ0v) is 11.1. The first kappa shape index (κ1) is 13.9. The Morgan fingerprint density at radius 2 is 1.90 bits per heavy atom. The number of carbonyl (C=O) groups excluding carboxylic acids is 1. The number of aromatic nitrogens is 2. The van der Waals surface area contributed by atoms with E-state index < -0.39 is 5.97 Å². The van der Waals surface area contributed by atoms with Crippen LogP contribution in [-0.2, 0) is 4.79 Å². The molecule has 0 aliphatic carbocycles. The molecule has 2 aromatic rings. The van der Waals surface area contributed by atoms with Gasteiger partial charge in [-0.2, -0.15) is 0 Å². The summed E-state index contributed by atoms with van der Waals surface area (Å²) in [5, 5.41) is 8.70. The molecule has 0 aliphatic heterocycles. The number of rotatable bonds is 5. The van der Waals surface area contributed by atoms with Crippen LogP contribution in [0.5, 0.6) is 0 Å². The number of hydrogen-bond donors (Lipinski definition) is 1. The third-order valence-corrected chi connectivity index (χ3v) is 2.98. The third-order valence-electron chi connectivity index (χ3n) is 2.98. The van der Waals surface area contributed by atoms with E-state index in [-0.39, 0.29) is 18.9 Å². The van der Waals surface area contributed by atoms with Crippen molar-refractivity contribution in [3.05, 3.63) is 36.2 Å². The van der Waals surface area contributed by atoms with Crippen molar-refractivity contribution in [3.8, 4) is 0 Å². The number of benzene rings is 1. The standard InChI is InChI=1S/C14H15N3O3/c1-2-17(8-5-13(18)19)14(20)10-3-4-11-12(9-10)16-7-6-15-11/h3-4,6-7,9H,2,5,8H2,1H3,(H,18,19). The number of amides is 1. The fraction of sp³-hybridized carbons (Fsp3) is 0.286. The number of carboxylic acids is 1. The van der Waals surface area contributed by atoms with Gasteiger partial charge in [-0.1, -0.05) is 0 Å². The molecule has 1 heterocycles. The summed E-state index contributed by atoms with van der Waals surface area (Å²) in [5.74, 6) is -1.11. The van der Waals surface area contributed by atoms with Gasteiger partial charge in [-0.05, 0) is 25.1 Å². The van der Waals surface area contributed by atoms with Crippen molar-refractivity contribution < 1.29 is 14.7 Å². The fourth-order valence-corrected chi connectivity index (χ4v) is 1.91. The van der Waals surface area contributed by atoms with Gasteiger partial charge in [-0.3, -0.25) is 19.6 Å². The van der Waals surface area contributed by atoms with Gasteiger partial charge in [-0.25, -0.2) is 0 Å². The van der Waals surface area contributed by atoms with Crippen molar-refractivity contribution in [2.45, 2.75) is 13.3 Å². The Morgan fingerprint density at radius 3 is 2.55 bits per heavy atom. The Bertz CT molecular complexity index is 642. The highest BCUT2D eigenvalue weighted by Gasteiger charge is 2.15. The maximum absolute atomic E-state index is 12.3. The average Bonchev–Trinajstić information content (AvgIpc) is 2.47. The van der Waals surface area contributed by atoms with E-state index >= 15 is 0 Å². The van der Waals surface area contributed by atoms with E-state index in [2.05, 4.69) is 9.97 Å². The summed E-state index contributed by atoms with van der Waals surface area (Å²) in [6.07, 6.45) is 3.10. The van der Waals surface area contributed by atoms with Crippen molar-refractivity contribution in [2.75, 3.05) is 13.1 Å². The average molecular weight is 273 g/mol. The van der Waals surface area contributed by atoms with Crippen LogP contribution in [0, 0.1) is 0 Å². The summed E-state index contributed by atoms with van der Waals surface area (Å²) in [6, 6.07) is 5.09. The molecule has 0 unspecified atom stereocenters. The number of aliphatic carboxylic acids is 1. The van der Waals surface area contributed by atoms with Gasteiger partial charge in [0.1, 0.15) is 0 Å². The van der Waals surface area contributed by atoms with Crippen LogP contribution in [0.2, 0.25) is 0 Å². The lowest BCUT2D eigenvalue weighted by Crippen LogP contribution is -2.32. The van der Waals surface area contributed by atoms with Crippen LogP contribution in [0.4, 0.5) is 0 Å². The van der Waals surface area contributed by atoms with Gasteiger partial charge in [0, 0.05) is 31.0 Å². The highest BCUT2D eigenvalue weighted by atomic mass is 16.4. The molecule has 0 saturated heterocycles. The smallest absolute Gasteiger partial charge is 0.305 e. The van der Waals surface area contributed by atoms with Gasteiger partial charge in [-0.15, -0.1) is 0 Å². The van der Waals surface area contributed by atoms with E-state index in [0.717, 1.165) is 5.52 Å². The van der Waals surface area contributed by atoms with Gasteiger partial charge in [0.25, 0.3) is 5.91 Å². The van der Waals surface area contributed by atoms with Crippen LogP contribution >= 0.6 is 0 Å². The topological polar surface area (TPSA) is 83.4 Å². The van der Waals surface area contributed by atoms with Crippen LogP contribution in [0.25, 0.3) is 11.0 Å². The van der Waals surface area contributed by atoms with E-state index in [0.29, 0.717) is 17.6 Å². The molecule has 0 atom stereocenters. The number of carboxylic acid groups (broad SMARTS) is 1. The summed E-state index contributed by atoms with van der Waals surface area (Å²) in [5.41, 5.74) is 1.86. The minimum atomic E-state index is -0.916. The van der Waals surface area contributed by atoms with E-state index in [1.54, 1.807) is 30.6 Å². The molecule has 6 nitrogen and oxygen atoms in total. The van der Waals surface area contributed by atoms with Crippen LogP contribution in [-0.4, -0.2) is 44.9 Å². The predicted octanol–water partition coefficient (Wildman–Crippen LogP) is 1.57. The Kier molecular flexibility index (Phi) is 4.24. The van der Waals surface area contributed by atoms with Crippen molar-refractivity contribution in [1.29, 1.82) is 0 Å². The first-order valence-corrected chi connectivity index (χ1v) is 6.33. The Morgan fingerprint density at radius 1 is 1.20 bits per heavy atom. The molecule has 0 spiro atoms. The SMILES string of the molecule is CCN(CCC(=O)O)C(=O)c1ccc2nccnc2c1. The second kappa shape index (κ2) is 6.10. The summed E-state index contributed by atoms with van der Waals surface area (Å²) < 4.78 is 0. The molecule has 0 bridgehead atoms. The van der Waals surface area contributed by atoms with Crippen molar-refractivity contribution in [2.24, 2.45) is 0 Å². The molecular weight excluding hydrogens is 258 g/mol. The van der Waals surface area contributed by atoms with E-state index in [9.17, 15) is 9.59 Å². The van der Waals surface area contributed by atoms with Crippen molar-refractivity contribution in [3.63, 3.8) is 0 Å². The highest BCUT2D eigenvalue weighted by molar-refractivity contribution is 5.97. The molecule has 1 aromatic carbocycles. The maximum Gasteiger partial charge on any atom is 0.305 e. The second-order valence-electron chi connectivity index (χ2n) is 4.29. The monoisotopic (exact) mass is 273 g/mol. The first-order chi connectivity index (χ1) is 9.61. The lowest BCUT2D eigenvalue weighted by atomic mass is 10.1.